The summed E-state index contributed by atoms with van der Waals surface area (Å²) in [5.74, 6) is 1.90. The topological polar surface area (TPSA) is 38.7 Å². The maximum absolute atomic E-state index is 6.46. The van der Waals surface area contributed by atoms with E-state index in [-0.39, 0.29) is 0 Å². The van der Waals surface area contributed by atoms with E-state index in [4.69, 9.17) is 26.6 Å². The van der Waals surface area contributed by atoms with Crippen molar-refractivity contribution >= 4 is 11.6 Å². The van der Waals surface area contributed by atoms with Crippen LogP contribution < -0.4 is 0 Å². The van der Waals surface area contributed by atoms with Crippen LogP contribution in [0.2, 0.25) is 5.02 Å². The second kappa shape index (κ2) is 10.4. The van der Waals surface area contributed by atoms with E-state index in [1.807, 2.05) is 78.9 Å². The predicted octanol–water partition coefficient (Wildman–Crippen LogP) is 9.17. The van der Waals surface area contributed by atoms with Crippen LogP contribution in [0.15, 0.2) is 127 Å². The molecule has 0 aliphatic heterocycles. The van der Waals surface area contributed by atoms with Crippen molar-refractivity contribution < 1.29 is 0 Å². The first-order valence-corrected chi connectivity index (χ1v) is 12.9. The van der Waals surface area contributed by atoms with Gasteiger partial charge in [0.15, 0.2) is 17.5 Å². The molecule has 1 aromatic heterocycles. The Morgan fingerprint density at radius 2 is 0.789 bits per heavy atom. The van der Waals surface area contributed by atoms with Gasteiger partial charge in [0, 0.05) is 21.7 Å². The Labute approximate surface area is 227 Å². The molecule has 6 rings (SSSR count). The summed E-state index contributed by atoms with van der Waals surface area (Å²) in [7, 11) is 0. The minimum Gasteiger partial charge on any atom is -0.208 e. The molecule has 5 aromatic carbocycles. The molecule has 0 N–H and O–H groups in total. The third kappa shape index (κ3) is 5.10. The zero-order chi connectivity index (χ0) is 25.9. The largest absolute Gasteiger partial charge is 0.208 e. The molecule has 182 valence electrons. The molecule has 38 heavy (non-hydrogen) atoms. The smallest absolute Gasteiger partial charge is 0.164 e. The minimum atomic E-state index is 0.621. The van der Waals surface area contributed by atoms with Crippen LogP contribution in [0.25, 0.3) is 56.4 Å². The second-order valence-corrected chi connectivity index (χ2v) is 9.66. The highest BCUT2D eigenvalue weighted by Gasteiger charge is 2.15. The van der Waals surface area contributed by atoms with Crippen molar-refractivity contribution in [3.8, 4) is 56.4 Å². The lowest BCUT2D eigenvalue weighted by atomic mass is 9.95. The van der Waals surface area contributed by atoms with Gasteiger partial charge in [-0.3, -0.25) is 0 Å². The minimum absolute atomic E-state index is 0.621. The summed E-state index contributed by atoms with van der Waals surface area (Å²) in [6.07, 6.45) is 0. The highest BCUT2D eigenvalue weighted by atomic mass is 35.5. The molecule has 0 fully saturated rings. The summed E-state index contributed by atoms with van der Waals surface area (Å²) < 4.78 is 0. The molecule has 0 unspecified atom stereocenters. The number of rotatable bonds is 5. The lowest BCUT2D eigenvalue weighted by Crippen LogP contribution is -2.00. The molecule has 0 aliphatic carbocycles. The van der Waals surface area contributed by atoms with Crippen LogP contribution in [0.3, 0.4) is 0 Å². The van der Waals surface area contributed by atoms with Gasteiger partial charge in [0.05, 0.1) is 0 Å². The molecule has 3 nitrogen and oxygen atoms in total. The number of halogens is 1. The maximum atomic E-state index is 6.46. The Balaban J connectivity index is 1.59. The molecule has 0 saturated heterocycles. The summed E-state index contributed by atoms with van der Waals surface area (Å²) in [5.41, 5.74) is 8.21. The van der Waals surface area contributed by atoms with E-state index in [2.05, 4.69) is 55.5 Å². The Hall–Kier alpha value is -4.60. The Morgan fingerprint density at radius 1 is 0.395 bits per heavy atom. The Kier molecular flexibility index (Phi) is 6.51. The van der Waals surface area contributed by atoms with Crippen molar-refractivity contribution in [2.45, 2.75) is 6.92 Å². The lowest BCUT2D eigenvalue weighted by molar-refractivity contribution is 1.07. The first kappa shape index (κ1) is 23.8. The van der Waals surface area contributed by atoms with Crippen LogP contribution in [-0.2, 0) is 0 Å². The van der Waals surface area contributed by atoms with E-state index in [1.54, 1.807) is 0 Å². The molecule has 0 amide bonds. The average molecular weight is 510 g/mol. The number of hydrogen-bond donors (Lipinski definition) is 0. The standard InChI is InChI=1S/C34H24ClN3/c1-23-17-27(22-31(35)18-23)29-19-28(24-11-5-2-6-12-24)20-30(21-29)34-37-32(25-13-7-3-8-14-25)36-33(38-34)26-15-9-4-10-16-26/h2-22H,1H3. The van der Waals surface area contributed by atoms with Gasteiger partial charge in [-0.05, 0) is 65.1 Å². The van der Waals surface area contributed by atoms with Crippen LogP contribution in [0, 0.1) is 6.92 Å². The quantitative estimate of drug-likeness (QED) is 0.232. The van der Waals surface area contributed by atoms with Crippen LogP contribution in [-0.4, -0.2) is 15.0 Å². The normalized spacial score (nSPS) is 10.9. The highest BCUT2D eigenvalue weighted by Crippen LogP contribution is 2.34. The van der Waals surface area contributed by atoms with Crippen molar-refractivity contribution in [1.29, 1.82) is 0 Å². The van der Waals surface area contributed by atoms with Gasteiger partial charge in [0.1, 0.15) is 0 Å². The Morgan fingerprint density at radius 3 is 1.29 bits per heavy atom. The third-order valence-corrected chi connectivity index (χ3v) is 6.59. The summed E-state index contributed by atoms with van der Waals surface area (Å²) in [6, 6.07) is 43.0. The number of benzene rings is 5. The fourth-order valence-corrected chi connectivity index (χ4v) is 4.85. The van der Waals surface area contributed by atoms with Gasteiger partial charge >= 0.3 is 0 Å². The van der Waals surface area contributed by atoms with Crippen molar-refractivity contribution in [1.82, 2.24) is 15.0 Å². The van der Waals surface area contributed by atoms with E-state index in [1.165, 1.54) is 0 Å². The Bertz CT molecular complexity index is 1640. The van der Waals surface area contributed by atoms with E-state index >= 15 is 0 Å². The zero-order valence-electron chi connectivity index (χ0n) is 20.8. The molecule has 4 heteroatoms. The van der Waals surface area contributed by atoms with Gasteiger partial charge in [-0.1, -0.05) is 109 Å². The van der Waals surface area contributed by atoms with Crippen LogP contribution >= 0.6 is 11.6 Å². The third-order valence-electron chi connectivity index (χ3n) is 6.37. The van der Waals surface area contributed by atoms with E-state index in [0.717, 1.165) is 44.5 Å². The molecular weight excluding hydrogens is 486 g/mol. The number of nitrogens with zero attached hydrogens (tertiary/aromatic N) is 3. The molecular formula is C34H24ClN3. The molecule has 0 atom stereocenters. The van der Waals surface area contributed by atoms with E-state index in [0.29, 0.717) is 22.5 Å². The average Bonchev–Trinajstić information content (AvgIpc) is 2.97. The molecule has 0 spiro atoms. The number of hydrogen-bond acceptors (Lipinski definition) is 3. The van der Waals surface area contributed by atoms with Crippen LogP contribution in [0.4, 0.5) is 0 Å². The number of aromatic nitrogens is 3. The fourth-order valence-electron chi connectivity index (χ4n) is 4.56. The molecule has 0 bridgehead atoms. The lowest BCUT2D eigenvalue weighted by Gasteiger charge is -2.13. The van der Waals surface area contributed by atoms with Crippen LogP contribution in [0.5, 0.6) is 0 Å². The molecule has 1 heterocycles. The summed E-state index contributed by atoms with van der Waals surface area (Å²) >= 11 is 6.46. The van der Waals surface area contributed by atoms with Gasteiger partial charge in [-0.25, -0.2) is 15.0 Å². The van der Waals surface area contributed by atoms with Gasteiger partial charge < -0.3 is 0 Å². The maximum Gasteiger partial charge on any atom is 0.164 e. The van der Waals surface area contributed by atoms with E-state index < -0.39 is 0 Å². The molecule has 0 aliphatic rings. The van der Waals surface area contributed by atoms with Crippen molar-refractivity contribution in [2.24, 2.45) is 0 Å². The number of aryl methyl sites for hydroxylation is 1. The first-order chi connectivity index (χ1) is 18.6. The second-order valence-electron chi connectivity index (χ2n) is 9.22. The van der Waals surface area contributed by atoms with E-state index in [9.17, 15) is 0 Å². The first-order valence-electron chi connectivity index (χ1n) is 12.5. The molecule has 0 saturated carbocycles. The summed E-state index contributed by atoms with van der Waals surface area (Å²) in [4.78, 5) is 14.8. The summed E-state index contributed by atoms with van der Waals surface area (Å²) in [6.45, 7) is 2.06. The van der Waals surface area contributed by atoms with Crippen molar-refractivity contribution in [2.75, 3.05) is 0 Å². The summed E-state index contributed by atoms with van der Waals surface area (Å²) in [5, 5.41) is 0.713. The SMILES string of the molecule is Cc1cc(Cl)cc(-c2cc(-c3ccccc3)cc(-c3nc(-c4ccccc4)nc(-c4ccccc4)n3)c2)c1. The van der Waals surface area contributed by atoms with Crippen molar-refractivity contribution in [3.63, 3.8) is 0 Å². The fraction of sp³-hybridized carbons (Fsp3) is 0.0294. The van der Waals surface area contributed by atoms with Crippen LogP contribution in [0.1, 0.15) is 5.56 Å². The van der Waals surface area contributed by atoms with Gasteiger partial charge in [-0.2, -0.15) is 0 Å². The van der Waals surface area contributed by atoms with Crippen molar-refractivity contribution in [3.05, 3.63) is 138 Å². The van der Waals surface area contributed by atoms with Gasteiger partial charge in [-0.15, -0.1) is 0 Å². The monoisotopic (exact) mass is 509 g/mol. The van der Waals surface area contributed by atoms with Gasteiger partial charge in [0.2, 0.25) is 0 Å². The molecule has 0 radical (unpaired) electrons. The highest BCUT2D eigenvalue weighted by molar-refractivity contribution is 6.31. The molecule has 6 aromatic rings. The predicted molar refractivity (Wildman–Crippen MR) is 157 cm³/mol. The van der Waals surface area contributed by atoms with Gasteiger partial charge in [0.25, 0.3) is 0 Å². The zero-order valence-corrected chi connectivity index (χ0v) is 21.6.